The Hall–Kier alpha value is -2.59. The quantitative estimate of drug-likeness (QED) is 0.261. The molecule has 0 N–H and O–H groups in total. The molecule has 0 spiro atoms. The minimum atomic E-state index is -0.574. The number of hydrogen-bond donors (Lipinski definition) is 0. The predicted molar refractivity (Wildman–Crippen MR) is 106 cm³/mol. The van der Waals surface area contributed by atoms with Gasteiger partial charge < -0.3 is 9.25 Å². The third-order valence-electron chi connectivity index (χ3n) is 5.28. The molecule has 4 nitrogen and oxygen atoms in total. The number of rotatable bonds is 5. The second kappa shape index (κ2) is 7.20. The lowest BCUT2D eigenvalue weighted by molar-refractivity contribution is -0.140. The molecule has 1 aromatic heterocycles. The Labute approximate surface area is 162 Å². The van der Waals surface area contributed by atoms with Crippen molar-refractivity contribution < 1.29 is 14.0 Å². The summed E-state index contributed by atoms with van der Waals surface area (Å²) < 4.78 is 5.97. The van der Waals surface area contributed by atoms with Crippen LogP contribution >= 0.6 is 11.6 Å². The second-order valence-corrected chi connectivity index (χ2v) is 7.52. The minimum absolute atomic E-state index is 0.0786. The topological polar surface area (TPSA) is 51.8 Å². The van der Waals surface area contributed by atoms with Crippen LogP contribution in [0.2, 0.25) is 0 Å². The molecular formula is C22H20ClNO3. The maximum Gasteiger partial charge on any atom is 0.349 e. The van der Waals surface area contributed by atoms with E-state index in [4.69, 9.17) is 20.9 Å². The standard InChI is InChI=1S/C22H20ClNO3/c1-22(17-8-3-2-4-9-17)12-16(13-22)21(24-27-20(25)14-23)19-11-15-7-5-6-10-18(15)26-19/h2-11,16H,12-14H2,1H3/b24-21+. The molecule has 2 aromatic carbocycles. The molecule has 1 fully saturated rings. The van der Waals surface area contributed by atoms with Gasteiger partial charge in [-0.15, -0.1) is 11.6 Å². The molecule has 0 bridgehead atoms. The van der Waals surface area contributed by atoms with Crippen LogP contribution in [0.1, 0.15) is 31.1 Å². The highest BCUT2D eigenvalue weighted by Gasteiger charge is 2.45. The van der Waals surface area contributed by atoms with Gasteiger partial charge in [-0.05, 0) is 36.0 Å². The molecule has 0 saturated heterocycles. The summed E-state index contributed by atoms with van der Waals surface area (Å²) in [6, 6.07) is 20.2. The van der Waals surface area contributed by atoms with E-state index in [9.17, 15) is 4.79 Å². The van der Waals surface area contributed by atoms with E-state index >= 15 is 0 Å². The molecule has 1 aliphatic rings. The van der Waals surface area contributed by atoms with Gasteiger partial charge >= 0.3 is 5.97 Å². The highest BCUT2D eigenvalue weighted by atomic mass is 35.5. The monoisotopic (exact) mass is 381 g/mol. The first-order valence-electron chi connectivity index (χ1n) is 8.97. The smallest absolute Gasteiger partial charge is 0.349 e. The first-order chi connectivity index (χ1) is 13.1. The summed E-state index contributed by atoms with van der Waals surface area (Å²) in [4.78, 5) is 16.5. The maximum atomic E-state index is 11.5. The zero-order chi connectivity index (χ0) is 18.9. The largest absolute Gasteiger partial charge is 0.455 e. The molecule has 27 heavy (non-hydrogen) atoms. The number of nitrogens with zero attached hydrogens (tertiary/aromatic N) is 1. The number of para-hydroxylation sites is 1. The van der Waals surface area contributed by atoms with Crippen molar-refractivity contribution in [1.82, 2.24) is 0 Å². The van der Waals surface area contributed by atoms with Crippen LogP contribution in [0.15, 0.2) is 70.2 Å². The van der Waals surface area contributed by atoms with Gasteiger partial charge in [-0.1, -0.05) is 60.6 Å². The van der Waals surface area contributed by atoms with Crippen molar-refractivity contribution in [2.24, 2.45) is 11.1 Å². The SMILES string of the molecule is CC1(c2ccccc2)CC(/C(=N\OC(=O)CCl)c2cc3ccccc3o2)C1. The zero-order valence-corrected chi connectivity index (χ0v) is 15.8. The summed E-state index contributed by atoms with van der Waals surface area (Å²) >= 11 is 5.53. The van der Waals surface area contributed by atoms with Gasteiger partial charge in [0.1, 0.15) is 17.2 Å². The molecule has 0 unspecified atom stereocenters. The van der Waals surface area contributed by atoms with Crippen LogP contribution in [0, 0.1) is 5.92 Å². The van der Waals surface area contributed by atoms with Crippen molar-refractivity contribution >= 4 is 34.3 Å². The van der Waals surface area contributed by atoms with Gasteiger partial charge in [0.05, 0.1) is 0 Å². The van der Waals surface area contributed by atoms with Crippen LogP contribution < -0.4 is 0 Å². The van der Waals surface area contributed by atoms with Gasteiger partial charge in [-0.2, -0.15) is 0 Å². The van der Waals surface area contributed by atoms with Crippen LogP contribution in [0.4, 0.5) is 0 Å². The average molecular weight is 382 g/mol. The predicted octanol–water partition coefficient (Wildman–Crippen LogP) is 5.29. The minimum Gasteiger partial charge on any atom is -0.455 e. The Morgan fingerprint density at radius 3 is 2.59 bits per heavy atom. The Morgan fingerprint density at radius 1 is 1.19 bits per heavy atom. The molecule has 0 atom stereocenters. The van der Waals surface area contributed by atoms with E-state index in [1.807, 2.05) is 36.4 Å². The maximum absolute atomic E-state index is 11.5. The fraction of sp³-hybridized carbons (Fsp3) is 0.273. The van der Waals surface area contributed by atoms with Crippen molar-refractivity contribution in [2.75, 3.05) is 5.88 Å². The van der Waals surface area contributed by atoms with E-state index in [0.29, 0.717) is 11.5 Å². The van der Waals surface area contributed by atoms with Crippen LogP contribution in [-0.2, 0) is 15.0 Å². The van der Waals surface area contributed by atoms with Gasteiger partial charge in [0.25, 0.3) is 0 Å². The number of furan rings is 1. The van der Waals surface area contributed by atoms with Crippen molar-refractivity contribution in [1.29, 1.82) is 0 Å². The number of oxime groups is 1. The fourth-order valence-corrected chi connectivity index (χ4v) is 3.90. The van der Waals surface area contributed by atoms with Crippen molar-refractivity contribution in [2.45, 2.75) is 25.2 Å². The fourth-order valence-electron chi connectivity index (χ4n) is 3.85. The molecule has 1 saturated carbocycles. The normalized spacial score (nSPS) is 22.4. The van der Waals surface area contributed by atoms with Gasteiger partial charge in [-0.3, -0.25) is 0 Å². The Bertz CT molecular complexity index is 954. The molecule has 0 amide bonds. The number of halogens is 1. The second-order valence-electron chi connectivity index (χ2n) is 7.25. The van der Waals surface area contributed by atoms with Crippen molar-refractivity contribution in [3.63, 3.8) is 0 Å². The molecular weight excluding hydrogens is 362 g/mol. The van der Waals surface area contributed by atoms with Gasteiger partial charge in [0.15, 0.2) is 5.76 Å². The van der Waals surface area contributed by atoms with Gasteiger partial charge in [-0.25, -0.2) is 4.79 Å². The van der Waals surface area contributed by atoms with E-state index < -0.39 is 5.97 Å². The number of alkyl halides is 1. The molecule has 4 rings (SSSR count). The zero-order valence-electron chi connectivity index (χ0n) is 15.0. The van der Waals surface area contributed by atoms with E-state index in [1.165, 1.54) is 5.56 Å². The number of benzene rings is 2. The van der Waals surface area contributed by atoms with Gasteiger partial charge in [0.2, 0.25) is 0 Å². The first-order valence-corrected chi connectivity index (χ1v) is 9.51. The van der Waals surface area contributed by atoms with Crippen LogP contribution in [0.3, 0.4) is 0 Å². The third-order valence-corrected chi connectivity index (χ3v) is 5.50. The Kier molecular flexibility index (Phi) is 4.75. The summed E-state index contributed by atoms with van der Waals surface area (Å²) in [5.74, 6) is -0.0171. The lowest BCUT2D eigenvalue weighted by Gasteiger charge is -2.45. The molecule has 3 aromatic rings. The van der Waals surface area contributed by atoms with Crippen LogP contribution in [0.25, 0.3) is 11.0 Å². The van der Waals surface area contributed by atoms with E-state index in [0.717, 1.165) is 23.8 Å². The first kappa shape index (κ1) is 17.8. The summed E-state index contributed by atoms with van der Waals surface area (Å²) in [6.07, 6.45) is 1.82. The highest BCUT2D eigenvalue weighted by molar-refractivity contribution is 6.26. The summed E-state index contributed by atoms with van der Waals surface area (Å²) in [5, 5.41) is 5.12. The Morgan fingerprint density at radius 2 is 1.89 bits per heavy atom. The Balaban J connectivity index is 1.62. The molecule has 0 radical (unpaired) electrons. The number of hydrogen-bond acceptors (Lipinski definition) is 4. The summed E-state index contributed by atoms with van der Waals surface area (Å²) in [7, 11) is 0. The average Bonchev–Trinajstić information content (AvgIpc) is 3.10. The number of carbonyl (C=O) groups excluding carboxylic acids is 1. The molecule has 1 heterocycles. The van der Waals surface area contributed by atoms with Crippen LogP contribution in [-0.4, -0.2) is 17.6 Å². The van der Waals surface area contributed by atoms with E-state index in [-0.39, 0.29) is 17.2 Å². The summed E-state index contributed by atoms with van der Waals surface area (Å²) in [6.45, 7) is 2.25. The van der Waals surface area contributed by atoms with Crippen molar-refractivity contribution in [3.8, 4) is 0 Å². The number of fused-ring (bicyclic) bond motifs is 1. The molecule has 138 valence electrons. The summed E-state index contributed by atoms with van der Waals surface area (Å²) in [5.41, 5.74) is 2.84. The van der Waals surface area contributed by atoms with Gasteiger partial charge in [0, 0.05) is 11.3 Å². The lowest BCUT2D eigenvalue weighted by Crippen LogP contribution is -2.42. The van der Waals surface area contributed by atoms with E-state index in [2.05, 4.69) is 36.3 Å². The third kappa shape index (κ3) is 3.50. The van der Waals surface area contributed by atoms with Crippen LogP contribution in [0.5, 0.6) is 0 Å². The molecule has 5 heteroatoms. The van der Waals surface area contributed by atoms with Crippen molar-refractivity contribution in [3.05, 3.63) is 72.0 Å². The number of carbonyl (C=O) groups is 1. The molecule has 1 aliphatic carbocycles. The van der Waals surface area contributed by atoms with E-state index in [1.54, 1.807) is 0 Å². The molecule has 0 aliphatic heterocycles. The highest BCUT2D eigenvalue weighted by Crippen LogP contribution is 2.49. The lowest BCUT2D eigenvalue weighted by atomic mass is 9.58.